The second kappa shape index (κ2) is 9.78. The number of rotatable bonds is 3. The first-order chi connectivity index (χ1) is 14.5. The summed E-state index contributed by atoms with van der Waals surface area (Å²) in [4.78, 5) is 40.9. The summed E-state index contributed by atoms with van der Waals surface area (Å²) in [6, 6.07) is 16.0. The Morgan fingerprint density at radius 3 is 2.53 bits per heavy atom. The lowest BCUT2D eigenvalue weighted by Gasteiger charge is -2.28. The first kappa shape index (κ1) is 21.2. The summed E-state index contributed by atoms with van der Waals surface area (Å²) in [6.45, 7) is 2.53. The molecular weight excluding hydrogens is 384 g/mol. The standard InChI is InChI=1S/C22H26N4O4/c1-3-23-22(29)30-19-15-26(21(28)24-16-9-5-4-6-10-16)14-13-20(27)25(2)18-12-8-7-11-17(18)19/h4-12,19H,3,13-15H2,1-2H3,(H,23,29)(H,24,28). The van der Waals surface area contributed by atoms with Crippen molar-refractivity contribution < 1.29 is 19.1 Å². The molecule has 0 bridgehead atoms. The lowest BCUT2D eigenvalue weighted by atomic mass is 10.1. The third-order valence-corrected chi connectivity index (χ3v) is 4.88. The van der Waals surface area contributed by atoms with E-state index >= 15 is 0 Å². The van der Waals surface area contributed by atoms with E-state index in [1.807, 2.05) is 36.4 Å². The van der Waals surface area contributed by atoms with Crippen LogP contribution in [0.2, 0.25) is 0 Å². The van der Waals surface area contributed by atoms with Crippen molar-refractivity contribution in [3.8, 4) is 0 Å². The molecule has 0 radical (unpaired) electrons. The molecule has 1 aliphatic heterocycles. The number of carbonyl (C=O) groups is 3. The highest BCUT2D eigenvalue weighted by Crippen LogP contribution is 2.31. The number of amides is 4. The van der Waals surface area contributed by atoms with Gasteiger partial charge >= 0.3 is 12.1 Å². The molecule has 0 aromatic heterocycles. The highest BCUT2D eigenvalue weighted by molar-refractivity contribution is 5.95. The molecule has 0 saturated carbocycles. The summed E-state index contributed by atoms with van der Waals surface area (Å²) in [7, 11) is 1.68. The van der Waals surface area contributed by atoms with Crippen LogP contribution in [0.25, 0.3) is 0 Å². The Hall–Kier alpha value is -3.55. The number of nitrogens with one attached hydrogen (secondary N) is 2. The third kappa shape index (κ3) is 5.08. The van der Waals surface area contributed by atoms with E-state index in [0.717, 1.165) is 0 Å². The average Bonchev–Trinajstić information content (AvgIpc) is 2.79. The second-order valence-electron chi connectivity index (χ2n) is 6.93. The minimum Gasteiger partial charge on any atom is -0.439 e. The molecule has 0 spiro atoms. The zero-order valence-corrected chi connectivity index (χ0v) is 17.1. The lowest BCUT2D eigenvalue weighted by Crippen LogP contribution is -2.40. The quantitative estimate of drug-likeness (QED) is 0.812. The highest BCUT2D eigenvalue weighted by Gasteiger charge is 2.30. The van der Waals surface area contributed by atoms with Crippen molar-refractivity contribution in [1.29, 1.82) is 0 Å². The topological polar surface area (TPSA) is 91.0 Å². The van der Waals surface area contributed by atoms with Crippen LogP contribution < -0.4 is 15.5 Å². The molecule has 8 nitrogen and oxygen atoms in total. The van der Waals surface area contributed by atoms with Crippen molar-refractivity contribution in [3.05, 3.63) is 60.2 Å². The van der Waals surface area contributed by atoms with Crippen molar-refractivity contribution in [2.75, 3.05) is 36.9 Å². The smallest absolute Gasteiger partial charge is 0.407 e. The number of fused-ring (bicyclic) bond motifs is 1. The van der Waals surface area contributed by atoms with E-state index in [4.69, 9.17) is 4.74 Å². The maximum absolute atomic E-state index is 12.9. The number of para-hydroxylation sites is 2. The molecule has 3 rings (SSSR count). The summed E-state index contributed by atoms with van der Waals surface area (Å²) in [5, 5.41) is 5.45. The monoisotopic (exact) mass is 410 g/mol. The average molecular weight is 410 g/mol. The van der Waals surface area contributed by atoms with Gasteiger partial charge in [-0.3, -0.25) is 4.79 Å². The maximum Gasteiger partial charge on any atom is 0.407 e. The van der Waals surface area contributed by atoms with E-state index in [0.29, 0.717) is 23.5 Å². The van der Waals surface area contributed by atoms with Gasteiger partial charge in [0.15, 0.2) is 0 Å². The van der Waals surface area contributed by atoms with Gasteiger partial charge in [-0.25, -0.2) is 9.59 Å². The number of alkyl carbamates (subject to hydrolysis) is 1. The zero-order chi connectivity index (χ0) is 21.5. The molecule has 2 aromatic rings. The van der Waals surface area contributed by atoms with Crippen LogP contribution in [0.5, 0.6) is 0 Å². The number of urea groups is 1. The van der Waals surface area contributed by atoms with Gasteiger partial charge in [0.25, 0.3) is 0 Å². The van der Waals surface area contributed by atoms with E-state index in [2.05, 4.69) is 10.6 Å². The second-order valence-corrected chi connectivity index (χ2v) is 6.93. The molecule has 1 heterocycles. The Morgan fingerprint density at radius 1 is 1.10 bits per heavy atom. The highest BCUT2D eigenvalue weighted by atomic mass is 16.6. The number of anilines is 2. The summed E-state index contributed by atoms with van der Waals surface area (Å²) in [5.74, 6) is -0.126. The number of benzene rings is 2. The Kier molecular flexibility index (Phi) is 6.90. The molecule has 158 valence electrons. The molecule has 0 saturated heterocycles. The zero-order valence-electron chi connectivity index (χ0n) is 17.1. The van der Waals surface area contributed by atoms with Crippen LogP contribution in [-0.4, -0.2) is 49.6 Å². The predicted octanol–water partition coefficient (Wildman–Crippen LogP) is 3.37. The summed E-state index contributed by atoms with van der Waals surface area (Å²) < 4.78 is 5.65. The van der Waals surface area contributed by atoms with E-state index < -0.39 is 12.2 Å². The van der Waals surface area contributed by atoms with Crippen molar-refractivity contribution in [2.45, 2.75) is 19.4 Å². The molecule has 30 heavy (non-hydrogen) atoms. The van der Waals surface area contributed by atoms with Crippen molar-refractivity contribution in [1.82, 2.24) is 10.2 Å². The molecular formula is C22H26N4O4. The van der Waals surface area contributed by atoms with Crippen LogP contribution >= 0.6 is 0 Å². The number of ether oxygens (including phenoxy) is 1. The number of nitrogens with zero attached hydrogens (tertiary/aromatic N) is 2. The van der Waals surface area contributed by atoms with Gasteiger partial charge in [-0.05, 0) is 25.1 Å². The summed E-state index contributed by atoms with van der Waals surface area (Å²) in [5.41, 5.74) is 1.97. The SMILES string of the molecule is CCNC(=O)OC1CN(C(=O)Nc2ccccc2)CCC(=O)N(C)c2ccccc21. The van der Waals surface area contributed by atoms with Crippen LogP contribution in [0.15, 0.2) is 54.6 Å². The Morgan fingerprint density at radius 2 is 1.80 bits per heavy atom. The van der Waals surface area contributed by atoms with Gasteiger partial charge in [0.1, 0.15) is 6.10 Å². The number of hydrogen-bond donors (Lipinski definition) is 2. The molecule has 1 atom stereocenters. The van der Waals surface area contributed by atoms with Crippen molar-refractivity contribution in [3.63, 3.8) is 0 Å². The maximum atomic E-state index is 12.9. The Bertz CT molecular complexity index is 903. The fourth-order valence-corrected chi connectivity index (χ4v) is 3.31. The van der Waals surface area contributed by atoms with Gasteiger partial charge in [0.05, 0.1) is 12.2 Å². The fraction of sp³-hybridized carbons (Fsp3) is 0.318. The van der Waals surface area contributed by atoms with Crippen LogP contribution in [0, 0.1) is 0 Å². The minimum absolute atomic E-state index is 0.119. The van der Waals surface area contributed by atoms with Crippen LogP contribution in [-0.2, 0) is 9.53 Å². The summed E-state index contributed by atoms with van der Waals surface area (Å²) in [6.07, 6.45) is -1.16. The van der Waals surface area contributed by atoms with Gasteiger partial charge in [0, 0.05) is 37.8 Å². The van der Waals surface area contributed by atoms with Crippen LogP contribution in [0.4, 0.5) is 21.0 Å². The first-order valence-electron chi connectivity index (χ1n) is 9.90. The molecule has 1 unspecified atom stereocenters. The summed E-state index contributed by atoms with van der Waals surface area (Å²) >= 11 is 0. The molecule has 1 aliphatic rings. The number of hydrogen-bond acceptors (Lipinski definition) is 4. The van der Waals surface area contributed by atoms with E-state index in [-0.39, 0.29) is 31.4 Å². The van der Waals surface area contributed by atoms with Gasteiger partial charge in [-0.15, -0.1) is 0 Å². The lowest BCUT2D eigenvalue weighted by molar-refractivity contribution is -0.118. The normalized spacial score (nSPS) is 16.6. The van der Waals surface area contributed by atoms with Crippen LogP contribution in [0.3, 0.4) is 0 Å². The van der Waals surface area contributed by atoms with Crippen molar-refractivity contribution in [2.24, 2.45) is 0 Å². The fourth-order valence-electron chi connectivity index (χ4n) is 3.31. The molecule has 2 N–H and O–H groups in total. The molecule has 0 fully saturated rings. The van der Waals surface area contributed by atoms with Gasteiger partial charge < -0.3 is 25.2 Å². The van der Waals surface area contributed by atoms with Crippen LogP contribution in [0.1, 0.15) is 25.0 Å². The predicted molar refractivity (Wildman–Crippen MR) is 114 cm³/mol. The van der Waals surface area contributed by atoms with E-state index in [1.54, 1.807) is 37.1 Å². The third-order valence-electron chi connectivity index (χ3n) is 4.88. The largest absolute Gasteiger partial charge is 0.439 e. The molecule has 4 amide bonds. The number of carbonyl (C=O) groups excluding carboxylic acids is 3. The van der Waals surface area contributed by atoms with Gasteiger partial charge in [-0.2, -0.15) is 0 Å². The van der Waals surface area contributed by atoms with E-state index in [1.165, 1.54) is 4.90 Å². The minimum atomic E-state index is -0.734. The van der Waals surface area contributed by atoms with E-state index in [9.17, 15) is 14.4 Å². The molecule has 2 aromatic carbocycles. The molecule has 0 aliphatic carbocycles. The van der Waals surface area contributed by atoms with Gasteiger partial charge in [-0.1, -0.05) is 36.4 Å². The first-order valence-corrected chi connectivity index (χ1v) is 9.90. The molecule has 8 heteroatoms. The van der Waals surface area contributed by atoms with Crippen molar-refractivity contribution >= 4 is 29.4 Å². The Labute approximate surface area is 175 Å². The Balaban J connectivity index is 1.92. The van der Waals surface area contributed by atoms with Gasteiger partial charge in [0.2, 0.25) is 5.91 Å².